The molecule has 3 aromatic rings. The number of nitrogens with one attached hydrogen (secondary N) is 1. The lowest BCUT2D eigenvalue weighted by molar-refractivity contribution is -0.137. The van der Waals surface area contributed by atoms with Crippen molar-refractivity contribution in [3.8, 4) is 0 Å². The molecule has 0 fully saturated rings. The molecule has 0 aliphatic carbocycles. The largest absolute Gasteiger partial charge is 0.416 e. The maximum atomic E-state index is 12.7. The van der Waals surface area contributed by atoms with E-state index in [-0.39, 0.29) is 24.2 Å². The highest BCUT2D eigenvalue weighted by atomic mass is 19.4. The minimum Gasteiger partial charge on any atom is -0.294 e. The van der Waals surface area contributed by atoms with Crippen LogP contribution in [0.15, 0.2) is 48.7 Å². The van der Waals surface area contributed by atoms with Gasteiger partial charge in [0.25, 0.3) is 0 Å². The minimum absolute atomic E-state index is 0.0482. The fraction of sp³-hybridized carbons (Fsp3) is 0.167. The maximum absolute atomic E-state index is 12.7. The normalized spacial score (nSPS) is 11.6. The van der Waals surface area contributed by atoms with Gasteiger partial charge in [-0.05, 0) is 30.3 Å². The second kappa shape index (κ2) is 6.51. The molecule has 0 radical (unpaired) electrons. The first kappa shape index (κ1) is 16.9. The van der Waals surface area contributed by atoms with Gasteiger partial charge in [0.2, 0.25) is 0 Å². The first-order valence-electron chi connectivity index (χ1n) is 7.51. The summed E-state index contributed by atoms with van der Waals surface area (Å²) in [5, 5.41) is 7.40. The van der Waals surface area contributed by atoms with Crippen molar-refractivity contribution >= 4 is 22.5 Å². The lowest BCUT2D eigenvalue weighted by Gasteiger charge is -2.08. The zero-order valence-electron chi connectivity index (χ0n) is 12.9. The van der Waals surface area contributed by atoms with Crippen LogP contribution in [-0.2, 0) is 6.18 Å². The van der Waals surface area contributed by atoms with Gasteiger partial charge in [0.1, 0.15) is 0 Å². The van der Waals surface area contributed by atoms with Crippen molar-refractivity contribution in [2.45, 2.75) is 19.0 Å². The summed E-state index contributed by atoms with van der Waals surface area (Å²) < 4.78 is 38.1. The molecule has 3 rings (SSSR count). The lowest BCUT2D eigenvalue weighted by Crippen LogP contribution is -2.09. The summed E-state index contributed by atoms with van der Waals surface area (Å²) in [7, 11) is 0. The van der Waals surface area contributed by atoms with Gasteiger partial charge in [-0.1, -0.05) is 12.1 Å². The Kier molecular flexibility index (Phi) is 4.39. The van der Waals surface area contributed by atoms with Gasteiger partial charge in [-0.2, -0.15) is 18.3 Å². The second-order valence-corrected chi connectivity index (χ2v) is 5.60. The third kappa shape index (κ3) is 3.76. The molecule has 0 saturated carbocycles. The van der Waals surface area contributed by atoms with E-state index in [4.69, 9.17) is 0 Å². The van der Waals surface area contributed by atoms with E-state index in [1.165, 1.54) is 12.1 Å². The van der Waals surface area contributed by atoms with Gasteiger partial charge < -0.3 is 0 Å². The number of nitrogens with zero attached hydrogens (tertiary/aromatic N) is 1. The summed E-state index contributed by atoms with van der Waals surface area (Å²) in [5.74, 6) is -0.743. The molecule has 25 heavy (non-hydrogen) atoms. The van der Waals surface area contributed by atoms with Crippen molar-refractivity contribution < 1.29 is 22.8 Å². The summed E-state index contributed by atoms with van der Waals surface area (Å²) in [6, 6.07) is 9.22. The number of benzene rings is 2. The average molecular weight is 346 g/mol. The van der Waals surface area contributed by atoms with Crippen molar-refractivity contribution in [2.75, 3.05) is 0 Å². The zero-order chi connectivity index (χ0) is 18.0. The van der Waals surface area contributed by atoms with Gasteiger partial charge in [-0.15, -0.1) is 0 Å². The van der Waals surface area contributed by atoms with E-state index < -0.39 is 17.5 Å². The molecular weight excluding hydrogens is 333 g/mol. The average Bonchev–Trinajstić information content (AvgIpc) is 3.06. The molecule has 1 aromatic heterocycles. The number of carbonyl (C=O) groups is 2. The lowest BCUT2D eigenvalue weighted by atomic mass is 9.99. The van der Waals surface area contributed by atoms with E-state index in [1.807, 2.05) is 0 Å². The maximum Gasteiger partial charge on any atom is 0.416 e. The number of alkyl halides is 3. The first-order valence-corrected chi connectivity index (χ1v) is 7.51. The Morgan fingerprint density at radius 3 is 2.32 bits per heavy atom. The van der Waals surface area contributed by atoms with Crippen LogP contribution in [0, 0.1) is 0 Å². The number of halogens is 3. The van der Waals surface area contributed by atoms with Crippen molar-refractivity contribution in [1.29, 1.82) is 0 Å². The summed E-state index contributed by atoms with van der Waals surface area (Å²) in [6.07, 6.45) is -3.14. The van der Waals surface area contributed by atoms with Crippen LogP contribution in [0.2, 0.25) is 0 Å². The van der Waals surface area contributed by atoms with Crippen molar-refractivity contribution in [1.82, 2.24) is 10.2 Å². The fourth-order valence-electron chi connectivity index (χ4n) is 2.50. The molecule has 0 atom stereocenters. The van der Waals surface area contributed by atoms with Gasteiger partial charge in [0, 0.05) is 29.4 Å². The second-order valence-electron chi connectivity index (χ2n) is 5.60. The van der Waals surface area contributed by atoms with Gasteiger partial charge in [-0.3, -0.25) is 14.7 Å². The summed E-state index contributed by atoms with van der Waals surface area (Å²) in [5.41, 5.74) is 0.297. The Balaban J connectivity index is 1.68. The molecule has 0 aliphatic rings. The molecule has 0 spiro atoms. The van der Waals surface area contributed by atoms with Crippen LogP contribution in [-0.4, -0.2) is 21.8 Å². The van der Waals surface area contributed by atoms with Crippen LogP contribution in [0.1, 0.15) is 39.1 Å². The quantitative estimate of drug-likeness (QED) is 0.695. The number of hydrogen-bond donors (Lipinski definition) is 1. The van der Waals surface area contributed by atoms with Gasteiger partial charge in [0.15, 0.2) is 11.6 Å². The number of aromatic nitrogens is 2. The van der Waals surface area contributed by atoms with Crippen molar-refractivity contribution in [2.24, 2.45) is 0 Å². The topological polar surface area (TPSA) is 62.8 Å². The predicted molar refractivity (Wildman–Crippen MR) is 85.4 cm³/mol. The number of H-pyrrole nitrogens is 1. The van der Waals surface area contributed by atoms with E-state index in [2.05, 4.69) is 10.2 Å². The number of hydrogen-bond acceptors (Lipinski definition) is 3. The smallest absolute Gasteiger partial charge is 0.294 e. The molecule has 7 heteroatoms. The third-order valence-electron chi connectivity index (χ3n) is 3.85. The zero-order valence-corrected chi connectivity index (χ0v) is 12.9. The Bertz CT molecular complexity index is 945. The number of ketones is 2. The fourth-order valence-corrected chi connectivity index (χ4v) is 2.50. The highest BCUT2D eigenvalue weighted by Gasteiger charge is 2.30. The van der Waals surface area contributed by atoms with E-state index in [9.17, 15) is 22.8 Å². The van der Waals surface area contributed by atoms with Crippen molar-refractivity contribution in [3.05, 3.63) is 65.4 Å². The number of aromatic amines is 1. The van der Waals surface area contributed by atoms with Crippen LogP contribution in [0.3, 0.4) is 0 Å². The minimum atomic E-state index is -4.51. The first-order chi connectivity index (χ1) is 11.8. The Morgan fingerprint density at radius 2 is 1.64 bits per heavy atom. The van der Waals surface area contributed by atoms with Gasteiger partial charge >= 0.3 is 6.18 Å². The summed E-state index contributed by atoms with van der Waals surface area (Å²) >= 11 is 0. The highest BCUT2D eigenvalue weighted by Crippen LogP contribution is 2.29. The highest BCUT2D eigenvalue weighted by molar-refractivity contribution is 6.03. The summed E-state index contributed by atoms with van der Waals surface area (Å²) in [4.78, 5) is 24.3. The molecule has 0 unspecified atom stereocenters. The van der Waals surface area contributed by atoms with Crippen LogP contribution >= 0.6 is 0 Å². The Labute approximate surface area is 140 Å². The molecule has 2 aromatic carbocycles. The standard InChI is InChI=1S/C18H13F3N2O2/c19-18(20,21)14-3-1-2-11(9-14)16(24)6-7-17(25)12-4-5-15-13(8-12)10-22-23-15/h1-5,8-10H,6-7H2,(H,22,23). The van der Waals surface area contributed by atoms with Gasteiger partial charge in [0.05, 0.1) is 17.3 Å². The Morgan fingerprint density at radius 1 is 0.960 bits per heavy atom. The van der Waals surface area contributed by atoms with Crippen LogP contribution in [0.5, 0.6) is 0 Å². The third-order valence-corrected chi connectivity index (χ3v) is 3.85. The molecule has 0 saturated heterocycles. The predicted octanol–water partition coefficient (Wildman–Crippen LogP) is 4.43. The molecular formula is C18H13F3N2O2. The molecule has 1 heterocycles. The van der Waals surface area contributed by atoms with Gasteiger partial charge in [-0.25, -0.2) is 0 Å². The van der Waals surface area contributed by atoms with Crippen LogP contribution in [0.25, 0.3) is 10.9 Å². The number of rotatable bonds is 5. The van der Waals surface area contributed by atoms with E-state index in [0.717, 1.165) is 23.0 Å². The summed E-state index contributed by atoms with van der Waals surface area (Å²) in [6.45, 7) is 0. The van der Waals surface area contributed by atoms with Crippen LogP contribution < -0.4 is 0 Å². The number of Topliss-reactive ketones (excluding diaryl/α,β-unsaturated/α-hetero) is 2. The van der Waals surface area contributed by atoms with E-state index >= 15 is 0 Å². The number of fused-ring (bicyclic) bond motifs is 1. The Hall–Kier alpha value is -2.96. The number of carbonyl (C=O) groups excluding carboxylic acids is 2. The SMILES string of the molecule is O=C(CCC(=O)c1ccc2[nH]ncc2c1)c1cccc(C(F)(F)F)c1. The monoisotopic (exact) mass is 346 g/mol. The molecule has 128 valence electrons. The van der Waals surface area contributed by atoms with Crippen molar-refractivity contribution in [3.63, 3.8) is 0 Å². The van der Waals surface area contributed by atoms with E-state index in [0.29, 0.717) is 5.56 Å². The molecule has 0 aliphatic heterocycles. The van der Waals surface area contributed by atoms with E-state index in [1.54, 1.807) is 24.4 Å². The van der Waals surface area contributed by atoms with Crippen LogP contribution in [0.4, 0.5) is 13.2 Å². The molecule has 4 nitrogen and oxygen atoms in total. The molecule has 1 N–H and O–H groups in total. The molecule has 0 amide bonds. The molecule has 0 bridgehead atoms.